The lowest BCUT2D eigenvalue weighted by Gasteiger charge is -2.24. The Morgan fingerprint density at radius 1 is 1.26 bits per heavy atom. The van der Waals surface area contributed by atoms with Crippen molar-refractivity contribution in [3.63, 3.8) is 0 Å². The minimum atomic E-state index is -4.42. The molecule has 2 rings (SSSR count). The molecular formula is C26H30F3N3O3. The molecule has 0 radical (unpaired) electrons. The van der Waals surface area contributed by atoms with E-state index in [0.717, 1.165) is 30.7 Å². The fourth-order valence-electron chi connectivity index (χ4n) is 3.35. The van der Waals surface area contributed by atoms with Crippen LogP contribution in [0.1, 0.15) is 55.1 Å². The number of carbonyl (C=O) groups is 2. The number of allylic oxidation sites excluding steroid dienone is 4. The first-order valence-electron chi connectivity index (χ1n) is 11.2. The van der Waals surface area contributed by atoms with Gasteiger partial charge in [-0.3, -0.25) is 14.6 Å². The van der Waals surface area contributed by atoms with Gasteiger partial charge in [0.05, 0.1) is 18.0 Å². The van der Waals surface area contributed by atoms with Crippen LogP contribution in [0.2, 0.25) is 0 Å². The van der Waals surface area contributed by atoms with Gasteiger partial charge in [-0.25, -0.2) is 0 Å². The Kier molecular flexibility index (Phi) is 10.1. The van der Waals surface area contributed by atoms with Gasteiger partial charge in [0.2, 0.25) is 0 Å². The highest BCUT2D eigenvalue weighted by atomic mass is 19.4. The molecule has 0 fully saturated rings. The number of nitrogens with zero attached hydrogens (tertiary/aromatic N) is 2. The number of rotatable bonds is 11. The molecule has 188 valence electrons. The molecule has 0 aromatic heterocycles. The van der Waals surface area contributed by atoms with Gasteiger partial charge in [-0.05, 0) is 43.2 Å². The SMILES string of the molecule is C=C(/C=C\C(C)=NC(CCC)c1ccc(C(=O)NCCC(=O)O)cc1)N1C=C(C(F)(F)F)C=CC1. The highest BCUT2D eigenvalue weighted by Crippen LogP contribution is 2.29. The van der Waals surface area contributed by atoms with Crippen LogP contribution in [0.5, 0.6) is 0 Å². The Morgan fingerprint density at radius 3 is 2.54 bits per heavy atom. The Hall–Kier alpha value is -3.62. The zero-order valence-electron chi connectivity index (χ0n) is 19.8. The summed E-state index contributed by atoms with van der Waals surface area (Å²) in [5.74, 6) is -1.33. The first kappa shape index (κ1) is 27.6. The van der Waals surface area contributed by atoms with E-state index in [-0.39, 0.29) is 24.9 Å². The van der Waals surface area contributed by atoms with E-state index in [1.807, 2.05) is 26.0 Å². The molecule has 6 nitrogen and oxygen atoms in total. The number of carbonyl (C=O) groups excluding carboxylic acids is 1. The highest BCUT2D eigenvalue weighted by molar-refractivity contribution is 5.94. The van der Waals surface area contributed by atoms with E-state index in [1.54, 1.807) is 24.3 Å². The van der Waals surface area contributed by atoms with Gasteiger partial charge in [0.25, 0.3) is 5.91 Å². The fourth-order valence-corrected chi connectivity index (χ4v) is 3.35. The Labute approximate surface area is 203 Å². The number of aliphatic imine (C=N–C) groups is 1. The van der Waals surface area contributed by atoms with Crippen molar-refractivity contribution in [1.29, 1.82) is 0 Å². The minimum Gasteiger partial charge on any atom is -0.481 e. The predicted octanol–water partition coefficient (Wildman–Crippen LogP) is 5.58. The maximum atomic E-state index is 13.0. The van der Waals surface area contributed by atoms with Crippen molar-refractivity contribution in [2.45, 2.75) is 45.3 Å². The average molecular weight is 490 g/mol. The first-order chi connectivity index (χ1) is 16.5. The maximum absolute atomic E-state index is 13.0. The molecule has 0 saturated carbocycles. The lowest BCUT2D eigenvalue weighted by atomic mass is 10.0. The van der Waals surface area contributed by atoms with Crippen molar-refractivity contribution in [1.82, 2.24) is 10.2 Å². The number of aliphatic carboxylic acids is 1. The molecule has 1 atom stereocenters. The van der Waals surface area contributed by atoms with Gasteiger partial charge < -0.3 is 15.3 Å². The minimum absolute atomic E-state index is 0.0521. The second-order valence-electron chi connectivity index (χ2n) is 8.06. The first-order valence-corrected chi connectivity index (χ1v) is 11.2. The molecule has 0 bridgehead atoms. The molecule has 35 heavy (non-hydrogen) atoms. The molecule has 1 aromatic rings. The van der Waals surface area contributed by atoms with Crippen molar-refractivity contribution in [3.8, 4) is 0 Å². The van der Waals surface area contributed by atoms with E-state index in [1.165, 1.54) is 11.0 Å². The van der Waals surface area contributed by atoms with E-state index in [2.05, 4.69) is 11.9 Å². The zero-order chi connectivity index (χ0) is 26.0. The summed E-state index contributed by atoms with van der Waals surface area (Å²) >= 11 is 0. The summed E-state index contributed by atoms with van der Waals surface area (Å²) in [4.78, 5) is 28.9. The number of carboxylic acids is 1. The normalized spacial score (nSPS) is 15.2. The number of benzene rings is 1. The largest absolute Gasteiger partial charge is 0.481 e. The molecule has 0 saturated heterocycles. The number of halogens is 3. The van der Waals surface area contributed by atoms with Crippen LogP contribution in [0.15, 0.2) is 77.6 Å². The van der Waals surface area contributed by atoms with E-state index < -0.39 is 17.7 Å². The van der Waals surface area contributed by atoms with Gasteiger partial charge in [-0.1, -0.05) is 44.2 Å². The second kappa shape index (κ2) is 12.7. The van der Waals surface area contributed by atoms with E-state index in [9.17, 15) is 22.8 Å². The van der Waals surface area contributed by atoms with Crippen LogP contribution in [-0.2, 0) is 4.79 Å². The van der Waals surface area contributed by atoms with Crippen LogP contribution >= 0.6 is 0 Å². The molecule has 1 aliphatic rings. The third kappa shape index (κ3) is 8.92. The second-order valence-corrected chi connectivity index (χ2v) is 8.06. The molecule has 0 aliphatic carbocycles. The summed E-state index contributed by atoms with van der Waals surface area (Å²) in [5.41, 5.74) is 1.71. The van der Waals surface area contributed by atoms with Crippen molar-refractivity contribution in [3.05, 3.63) is 83.7 Å². The monoisotopic (exact) mass is 489 g/mol. The number of hydrogen-bond donors (Lipinski definition) is 2. The number of amides is 1. The fraction of sp³-hybridized carbons (Fsp3) is 0.346. The molecule has 1 unspecified atom stereocenters. The summed E-state index contributed by atoms with van der Waals surface area (Å²) in [6.45, 7) is 8.06. The standard InChI is InChI=1S/C26H30F3N3O3/c1-4-6-23(20-10-12-21(13-11-20)25(35)30-15-14-24(33)34)31-18(2)8-9-19(3)32-16-5-7-22(17-32)26(27,28)29/h5,7-13,17,23H,3-4,6,14-16H2,1-2H3,(H,30,35)(H,33,34)/b9-8-,31-18?. The van der Waals surface area contributed by atoms with Crippen LogP contribution in [0.25, 0.3) is 0 Å². The highest BCUT2D eigenvalue weighted by Gasteiger charge is 2.33. The average Bonchev–Trinajstić information content (AvgIpc) is 2.81. The number of nitrogens with one attached hydrogen (secondary N) is 1. The third-order valence-electron chi connectivity index (χ3n) is 5.21. The topological polar surface area (TPSA) is 82.0 Å². The van der Waals surface area contributed by atoms with Gasteiger partial charge in [-0.2, -0.15) is 13.2 Å². The summed E-state index contributed by atoms with van der Waals surface area (Å²) in [7, 11) is 0. The van der Waals surface area contributed by atoms with Crippen LogP contribution in [0.4, 0.5) is 13.2 Å². The van der Waals surface area contributed by atoms with Crippen molar-refractivity contribution >= 4 is 17.6 Å². The van der Waals surface area contributed by atoms with Crippen LogP contribution in [-0.4, -0.2) is 46.9 Å². The Bertz CT molecular complexity index is 1040. The predicted molar refractivity (Wildman–Crippen MR) is 130 cm³/mol. The smallest absolute Gasteiger partial charge is 0.417 e. The summed E-state index contributed by atoms with van der Waals surface area (Å²) in [5, 5.41) is 11.2. The zero-order valence-corrected chi connectivity index (χ0v) is 19.8. The van der Waals surface area contributed by atoms with Gasteiger partial charge in [0, 0.05) is 36.3 Å². The number of carboxylic acid groups (broad SMARTS) is 1. The maximum Gasteiger partial charge on any atom is 0.417 e. The van der Waals surface area contributed by atoms with Crippen molar-refractivity contribution in [2.24, 2.45) is 4.99 Å². The third-order valence-corrected chi connectivity index (χ3v) is 5.21. The Morgan fingerprint density at radius 2 is 1.94 bits per heavy atom. The number of hydrogen-bond acceptors (Lipinski definition) is 4. The Balaban J connectivity index is 2.07. The molecule has 1 heterocycles. The van der Waals surface area contributed by atoms with Crippen molar-refractivity contribution in [2.75, 3.05) is 13.1 Å². The van der Waals surface area contributed by atoms with Crippen molar-refractivity contribution < 1.29 is 27.9 Å². The van der Waals surface area contributed by atoms with Gasteiger partial charge in [0.1, 0.15) is 0 Å². The van der Waals surface area contributed by atoms with Crippen LogP contribution in [0.3, 0.4) is 0 Å². The molecule has 9 heteroatoms. The van der Waals surface area contributed by atoms with Gasteiger partial charge in [-0.15, -0.1) is 0 Å². The quantitative estimate of drug-likeness (QED) is 0.314. The summed E-state index contributed by atoms with van der Waals surface area (Å²) in [6.07, 6.45) is 3.97. The van der Waals surface area contributed by atoms with E-state index in [0.29, 0.717) is 23.5 Å². The lowest BCUT2D eigenvalue weighted by molar-refractivity contribution is -0.136. The van der Waals surface area contributed by atoms with E-state index >= 15 is 0 Å². The van der Waals surface area contributed by atoms with Crippen LogP contribution < -0.4 is 5.32 Å². The number of alkyl halides is 3. The lowest BCUT2D eigenvalue weighted by Crippen LogP contribution is -2.25. The molecule has 0 spiro atoms. The molecule has 1 amide bonds. The molecular weight excluding hydrogens is 459 g/mol. The molecule has 1 aliphatic heterocycles. The van der Waals surface area contributed by atoms with E-state index in [4.69, 9.17) is 10.1 Å². The summed E-state index contributed by atoms with van der Waals surface area (Å²) in [6, 6.07) is 6.82. The summed E-state index contributed by atoms with van der Waals surface area (Å²) < 4.78 is 38.9. The van der Waals surface area contributed by atoms with Gasteiger partial charge in [0.15, 0.2) is 0 Å². The van der Waals surface area contributed by atoms with Gasteiger partial charge >= 0.3 is 12.1 Å². The van der Waals surface area contributed by atoms with Crippen LogP contribution in [0, 0.1) is 0 Å². The molecule has 2 N–H and O–H groups in total. The molecule has 1 aromatic carbocycles.